The third-order valence-electron chi connectivity index (χ3n) is 1.76. The van der Waals surface area contributed by atoms with Crippen LogP contribution in [0.15, 0.2) is 28.9 Å². The van der Waals surface area contributed by atoms with Gasteiger partial charge in [0.2, 0.25) is 0 Å². The molecule has 0 saturated carbocycles. The van der Waals surface area contributed by atoms with Crippen LogP contribution in [0.1, 0.15) is 4.88 Å². The van der Waals surface area contributed by atoms with Crippen LogP contribution in [0.3, 0.4) is 0 Å². The van der Waals surface area contributed by atoms with Gasteiger partial charge in [-0.25, -0.2) is 4.98 Å². The van der Waals surface area contributed by atoms with E-state index in [9.17, 15) is 0 Å². The molecule has 0 radical (unpaired) electrons. The Labute approximate surface area is 104 Å². The number of hydrogen-bond donors (Lipinski definition) is 0. The summed E-state index contributed by atoms with van der Waals surface area (Å²) in [5, 5.41) is 10.3. The lowest BCUT2D eigenvalue weighted by Gasteiger charge is -1.95. The Morgan fingerprint density at radius 2 is 2.27 bits per heavy atom. The number of hydrogen-bond acceptors (Lipinski definition) is 3. The zero-order chi connectivity index (χ0) is 10.8. The number of aromatic nitrogens is 1. The van der Waals surface area contributed by atoms with Crippen LogP contribution in [0.2, 0.25) is 5.02 Å². The van der Waals surface area contributed by atoms with Crippen molar-refractivity contribution in [2.45, 2.75) is 0 Å². The fraction of sp³-hybridized carbons (Fsp3) is 0. The molecule has 0 aliphatic heterocycles. The van der Waals surface area contributed by atoms with Gasteiger partial charge < -0.3 is 0 Å². The van der Waals surface area contributed by atoms with E-state index in [0.717, 1.165) is 10.6 Å². The third-order valence-corrected chi connectivity index (χ3v) is 3.84. The highest BCUT2D eigenvalue weighted by atomic mass is 79.9. The molecule has 0 unspecified atom stereocenters. The van der Waals surface area contributed by atoms with Crippen LogP contribution in [0.25, 0.3) is 10.6 Å². The van der Waals surface area contributed by atoms with Gasteiger partial charge in [0.1, 0.15) is 20.6 Å². The predicted octanol–water partition coefficient (Wildman–Crippen LogP) is 4.10. The van der Waals surface area contributed by atoms with Crippen molar-refractivity contribution >= 4 is 38.9 Å². The molecule has 0 amide bonds. The number of halogens is 2. The average molecular weight is 300 g/mol. The predicted molar refractivity (Wildman–Crippen MR) is 65.0 cm³/mol. The standard InChI is InChI=1S/C10H4BrClN2S/c11-9-8(5-13)15-10(14-9)6-2-1-3-7(12)4-6/h1-4H. The van der Waals surface area contributed by atoms with Crippen molar-refractivity contribution in [3.8, 4) is 16.6 Å². The third kappa shape index (κ3) is 2.20. The SMILES string of the molecule is N#Cc1sc(-c2cccc(Cl)c2)nc1Br. The molecule has 2 nitrogen and oxygen atoms in total. The number of rotatable bonds is 1. The second-order valence-corrected chi connectivity index (χ2v) is 4.95. The molecule has 5 heteroatoms. The van der Waals surface area contributed by atoms with E-state index in [2.05, 4.69) is 27.0 Å². The number of benzene rings is 1. The van der Waals surface area contributed by atoms with E-state index in [0.29, 0.717) is 14.5 Å². The van der Waals surface area contributed by atoms with Gasteiger partial charge in [0, 0.05) is 10.6 Å². The molecular formula is C10H4BrClN2S. The molecule has 1 heterocycles. The van der Waals surface area contributed by atoms with Crippen LogP contribution in [0.5, 0.6) is 0 Å². The van der Waals surface area contributed by atoms with Crippen molar-refractivity contribution in [2.24, 2.45) is 0 Å². The van der Waals surface area contributed by atoms with E-state index in [-0.39, 0.29) is 0 Å². The second-order valence-electron chi connectivity index (χ2n) is 2.76. The summed E-state index contributed by atoms with van der Waals surface area (Å²) in [6.45, 7) is 0. The summed E-state index contributed by atoms with van der Waals surface area (Å²) in [4.78, 5) is 4.82. The van der Waals surface area contributed by atoms with Gasteiger partial charge in [0.25, 0.3) is 0 Å². The van der Waals surface area contributed by atoms with E-state index in [1.54, 1.807) is 6.07 Å². The Balaban J connectivity index is 2.51. The molecule has 74 valence electrons. The van der Waals surface area contributed by atoms with Crippen LogP contribution in [-0.2, 0) is 0 Å². The van der Waals surface area contributed by atoms with Crippen molar-refractivity contribution in [3.63, 3.8) is 0 Å². The first-order chi connectivity index (χ1) is 7.20. The van der Waals surface area contributed by atoms with E-state index >= 15 is 0 Å². The highest BCUT2D eigenvalue weighted by Crippen LogP contribution is 2.31. The smallest absolute Gasteiger partial charge is 0.139 e. The fourth-order valence-electron chi connectivity index (χ4n) is 1.12. The van der Waals surface area contributed by atoms with Crippen LogP contribution < -0.4 is 0 Å². The van der Waals surface area contributed by atoms with Gasteiger partial charge in [-0.3, -0.25) is 0 Å². The molecule has 0 atom stereocenters. The van der Waals surface area contributed by atoms with Crippen molar-refractivity contribution in [2.75, 3.05) is 0 Å². The average Bonchev–Trinajstić information content (AvgIpc) is 2.60. The molecule has 0 saturated heterocycles. The fourth-order valence-corrected chi connectivity index (χ4v) is 2.68. The quantitative estimate of drug-likeness (QED) is 0.795. The number of thiazole rings is 1. The van der Waals surface area contributed by atoms with Crippen molar-refractivity contribution in [1.29, 1.82) is 5.26 Å². The first kappa shape index (κ1) is 10.6. The lowest BCUT2D eigenvalue weighted by atomic mass is 10.2. The van der Waals surface area contributed by atoms with Crippen LogP contribution in [0, 0.1) is 11.3 Å². The molecule has 2 rings (SSSR count). The Kier molecular flexibility index (Phi) is 3.06. The van der Waals surface area contributed by atoms with Crippen molar-refractivity contribution in [3.05, 3.63) is 38.8 Å². The zero-order valence-electron chi connectivity index (χ0n) is 7.37. The van der Waals surface area contributed by atoms with Gasteiger partial charge in [0.05, 0.1) is 0 Å². The first-order valence-electron chi connectivity index (χ1n) is 4.03. The van der Waals surface area contributed by atoms with Gasteiger partial charge in [-0.15, -0.1) is 11.3 Å². The van der Waals surface area contributed by atoms with Gasteiger partial charge in [-0.1, -0.05) is 23.7 Å². The summed E-state index contributed by atoms with van der Waals surface area (Å²) in [7, 11) is 0. The monoisotopic (exact) mass is 298 g/mol. The van der Waals surface area contributed by atoms with Crippen LogP contribution in [0.4, 0.5) is 0 Å². The van der Waals surface area contributed by atoms with Gasteiger partial charge in [-0.05, 0) is 28.1 Å². The van der Waals surface area contributed by atoms with Crippen LogP contribution >= 0.6 is 38.9 Å². The molecule has 1 aromatic heterocycles. The molecule has 1 aromatic carbocycles. The zero-order valence-corrected chi connectivity index (χ0v) is 10.5. The van der Waals surface area contributed by atoms with E-state index < -0.39 is 0 Å². The lowest BCUT2D eigenvalue weighted by Crippen LogP contribution is -1.74. The minimum Gasteiger partial charge on any atom is -0.228 e. The normalized spacial score (nSPS) is 9.93. The largest absolute Gasteiger partial charge is 0.228 e. The van der Waals surface area contributed by atoms with Gasteiger partial charge >= 0.3 is 0 Å². The molecule has 0 spiro atoms. The van der Waals surface area contributed by atoms with Crippen molar-refractivity contribution < 1.29 is 0 Å². The summed E-state index contributed by atoms with van der Waals surface area (Å²) in [6, 6.07) is 9.48. The Hall–Kier alpha value is -0.890. The summed E-state index contributed by atoms with van der Waals surface area (Å²) in [5.74, 6) is 0. The van der Waals surface area contributed by atoms with Crippen molar-refractivity contribution in [1.82, 2.24) is 4.98 Å². The molecule has 0 aliphatic rings. The summed E-state index contributed by atoms with van der Waals surface area (Å²) >= 11 is 10.5. The minimum atomic E-state index is 0.574. The first-order valence-corrected chi connectivity index (χ1v) is 6.02. The molecular weight excluding hydrogens is 296 g/mol. The summed E-state index contributed by atoms with van der Waals surface area (Å²) in [5.41, 5.74) is 0.926. The maximum absolute atomic E-state index is 8.80. The molecule has 15 heavy (non-hydrogen) atoms. The highest BCUT2D eigenvalue weighted by Gasteiger charge is 2.09. The number of nitrogens with zero attached hydrogens (tertiary/aromatic N) is 2. The topological polar surface area (TPSA) is 36.7 Å². The molecule has 0 aliphatic carbocycles. The van der Waals surface area contributed by atoms with E-state index in [1.807, 2.05) is 18.2 Å². The van der Waals surface area contributed by atoms with E-state index in [4.69, 9.17) is 16.9 Å². The van der Waals surface area contributed by atoms with Crippen LogP contribution in [-0.4, -0.2) is 4.98 Å². The minimum absolute atomic E-state index is 0.574. The second kappa shape index (κ2) is 4.31. The van der Waals surface area contributed by atoms with Gasteiger partial charge in [0.15, 0.2) is 0 Å². The molecule has 0 bridgehead atoms. The number of nitriles is 1. The Morgan fingerprint density at radius 3 is 2.87 bits per heavy atom. The summed E-state index contributed by atoms with van der Waals surface area (Å²) < 4.78 is 0.588. The summed E-state index contributed by atoms with van der Waals surface area (Å²) in [6.07, 6.45) is 0. The maximum Gasteiger partial charge on any atom is 0.139 e. The van der Waals surface area contributed by atoms with E-state index in [1.165, 1.54) is 11.3 Å². The maximum atomic E-state index is 8.80. The molecule has 2 aromatic rings. The Bertz CT molecular complexity index is 545. The molecule has 0 fully saturated rings. The lowest BCUT2D eigenvalue weighted by molar-refractivity contribution is 1.34. The molecule has 0 N–H and O–H groups in total. The Morgan fingerprint density at radius 1 is 1.47 bits per heavy atom. The van der Waals surface area contributed by atoms with Gasteiger partial charge in [-0.2, -0.15) is 5.26 Å². The highest BCUT2D eigenvalue weighted by molar-refractivity contribution is 9.10.